The number of carbonyl (C=O) groups is 1. The quantitative estimate of drug-likeness (QED) is 0.621. The van der Waals surface area contributed by atoms with Gasteiger partial charge in [0.25, 0.3) is 5.91 Å². The molecule has 2 fully saturated rings. The lowest BCUT2D eigenvalue weighted by Crippen LogP contribution is -2.48. The summed E-state index contributed by atoms with van der Waals surface area (Å²) in [5.41, 5.74) is 3.96. The van der Waals surface area contributed by atoms with E-state index < -0.39 is 0 Å². The molecule has 0 atom stereocenters. The van der Waals surface area contributed by atoms with Crippen molar-refractivity contribution in [1.82, 2.24) is 19.8 Å². The zero-order valence-electron chi connectivity index (χ0n) is 18.4. The second-order valence-electron chi connectivity index (χ2n) is 8.60. The minimum Gasteiger partial charge on any atom is -0.341 e. The van der Waals surface area contributed by atoms with Crippen LogP contribution in [-0.4, -0.2) is 64.9 Å². The summed E-state index contributed by atoms with van der Waals surface area (Å²) in [5.74, 6) is 0.896. The monoisotopic (exact) mass is 427 g/mol. The molecule has 2 aliphatic heterocycles. The molecule has 1 aromatic heterocycles. The van der Waals surface area contributed by atoms with Crippen molar-refractivity contribution < 1.29 is 4.79 Å². The molecule has 0 bridgehead atoms. The summed E-state index contributed by atoms with van der Waals surface area (Å²) < 4.78 is 0. The van der Waals surface area contributed by atoms with E-state index in [1.54, 1.807) is 0 Å². The van der Waals surface area contributed by atoms with Crippen LogP contribution in [0.2, 0.25) is 0 Å². The third-order valence-electron chi connectivity index (χ3n) is 6.38. The fraction of sp³-hybridized carbons (Fsp3) is 0.346. The number of nitrogens with zero attached hydrogens (tertiary/aromatic N) is 5. The van der Waals surface area contributed by atoms with E-state index in [0.29, 0.717) is 0 Å². The Morgan fingerprint density at radius 3 is 2.22 bits per heavy atom. The first-order chi connectivity index (χ1) is 15.8. The summed E-state index contributed by atoms with van der Waals surface area (Å²) in [5, 5.41) is 0. The van der Waals surface area contributed by atoms with Gasteiger partial charge in [0.15, 0.2) is 0 Å². The van der Waals surface area contributed by atoms with Crippen LogP contribution in [0.1, 0.15) is 28.8 Å². The number of carbonyl (C=O) groups excluding carboxylic acids is 1. The Labute approximate surface area is 189 Å². The lowest BCUT2D eigenvalue weighted by atomic mass is 10.0. The molecule has 1 amide bonds. The zero-order chi connectivity index (χ0) is 21.8. The SMILES string of the molecule is O=C(c1cccc(-c2cnc(N3CCCC3)nc2)c1)N1CCN(Cc2ccccc2)CC1. The number of piperazine rings is 1. The smallest absolute Gasteiger partial charge is 0.253 e. The number of amides is 1. The van der Waals surface area contributed by atoms with Gasteiger partial charge in [0.2, 0.25) is 5.95 Å². The fourth-order valence-electron chi connectivity index (χ4n) is 4.52. The molecule has 6 heteroatoms. The Bertz CT molecular complexity index is 1040. The lowest BCUT2D eigenvalue weighted by molar-refractivity contribution is 0.0628. The lowest BCUT2D eigenvalue weighted by Gasteiger charge is -2.34. The predicted molar refractivity (Wildman–Crippen MR) is 127 cm³/mol. The molecular weight excluding hydrogens is 398 g/mol. The Kier molecular flexibility index (Phi) is 6.12. The van der Waals surface area contributed by atoms with E-state index in [-0.39, 0.29) is 5.91 Å². The second kappa shape index (κ2) is 9.49. The zero-order valence-corrected chi connectivity index (χ0v) is 18.4. The first-order valence-corrected chi connectivity index (χ1v) is 11.5. The molecule has 164 valence electrons. The van der Waals surface area contributed by atoms with Gasteiger partial charge in [-0.05, 0) is 36.1 Å². The molecule has 0 spiro atoms. The predicted octanol–water partition coefficient (Wildman–Crippen LogP) is 3.70. The van der Waals surface area contributed by atoms with Crippen LogP contribution in [-0.2, 0) is 6.54 Å². The normalized spacial score (nSPS) is 17.0. The summed E-state index contributed by atoms with van der Waals surface area (Å²) >= 11 is 0. The van der Waals surface area contributed by atoms with Crippen molar-refractivity contribution >= 4 is 11.9 Å². The standard InChI is InChI=1S/C26H29N5O/c32-25(30-15-13-29(14-16-30)20-21-7-2-1-3-8-21)23-10-6-9-22(17-23)24-18-27-26(28-19-24)31-11-4-5-12-31/h1-3,6-10,17-19H,4-5,11-16,20H2. The van der Waals surface area contributed by atoms with Gasteiger partial charge in [0, 0.05) is 69.3 Å². The molecule has 0 aliphatic carbocycles. The van der Waals surface area contributed by atoms with Crippen LogP contribution < -0.4 is 4.90 Å². The highest BCUT2D eigenvalue weighted by Gasteiger charge is 2.22. The van der Waals surface area contributed by atoms with Crippen LogP contribution in [0, 0.1) is 0 Å². The molecule has 6 nitrogen and oxygen atoms in total. The second-order valence-corrected chi connectivity index (χ2v) is 8.60. The highest BCUT2D eigenvalue weighted by Crippen LogP contribution is 2.23. The van der Waals surface area contributed by atoms with Gasteiger partial charge < -0.3 is 9.80 Å². The van der Waals surface area contributed by atoms with Gasteiger partial charge in [0.05, 0.1) is 0 Å². The maximum Gasteiger partial charge on any atom is 0.253 e. The molecular formula is C26H29N5O. The summed E-state index contributed by atoms with van der Waals surface area (Å²) in [6, 6.07) is 18.3. The number of aromatic nitrogens is 2. The van der Waals surface area contributed by atoms with Crippen molar-refractivity contribution in [2.75, 3.05) is 44.2 Å². The number of hydrogen-bond acceptors (Lipinski definition) is 5. The van der Waals surface area contributed by atoms with Crippen LogP contribution >= 0.6 is 0 Å². The van der Waals surface area contributed by atoms with Gasteiger partial charge in [-0.15, -0.1) is 0 Å². The molecule has 3 aromatic rings. The van der Waals surface area contributed by atoms with Crippen molar-refractivity contribution in [3.8, 4) is 11.1 Å². The van der Waals surface area contributed by atoms with Crippen molar-refractivity contribution in [3.05, 3.63) is 78.1 Å². The van der Waals surface area contributed by atoms with Crippen LogP contribution in [0.25, 0.3) is 11.1 Å². The highest BCUT2D eigenvalue weighted by atomic mass is 16.2. The minimum absolute atomic E-state index is 0.0980. The summed E-state index contributed by atoms with van der Waals surface area (Å²) in [6.45, 7) is 6.29. The van der Waals surface area contributed by atoms with Crippen molar-refractivity contribution in [2.45, 2.75) is 19.4 Å². The molecule has 0 N–H and O–H groups in total. The Morgan fingerprint density at radius 2 is 1.50 bits per heavy atom. The fourth-order valence-corrected chi connectivity index (χ4v) is 4.52. The molecule has 2 aliphatic rings. The topological polar surface area (TPSA) is 52.6 Å². The van der Waals surface area contributed by atoms with E-state index in [1.165, 1.54) is 18.4 Å². The molecule has 32 heavy (non-hydrogen) atoms. The molecule has 2 aromatic carbocycles. The minimum atomic E-state index is 0.0980. The number of hydrogen-bond donors (Lipinski definition) is 0. The van der Waals surface area contributed by atoms with E-state index in [0.717, 1.165) is 68.5 Å². The molecule has 0 unspecified atom stereocenters. The molecule has 5 rings (SSSR count). The maximum absolute atomic E-state index is 13.1. The van der Waals surface area contributed by atoms with E-state index in [9.17, 15) is 4.79 Å². The Morgan fingerprint density at radius 1 is 0.781 bits per heavy atom. The van der Waals surface area contributed by atoms with E-state index >= 15 is 0 Å². The van der Waals surface area contributed by atoms with Crippen LogP contribution in [0.4, 0.5) is 5.95 Å². The van der Waals surface area contributed by atoms with Gasteiger partial charge in [0.1, 0.15) is 0 Å². The Balaban J connectivity index is 1.22. The molecule has 2 saturated heterocycles. The van der Waals surface area contributed by atoms with Crippen LogP contribution in [0.5, 0.6) is 0 Å². The highest BCUT2D eigenvalue weighted by molar-refractivity contribution is 5.95. The van der Waals surface area contributed by atoms with Gasteiger partial charge in [-0.3, -0.25) is 9.69 Å². The molecule has 0 saturated carbocycles. The van der Waals surface area contributed by atoms with Crippen molar-refractivity contribution in [3.63, 3.8) is 0 Å². The number of benzene rings is 2. The average Bonchev–Trinajstić information content (AvgIpc) is 3.40. The maximum atomic E-state index is 13.1. The van der Waals surface area contributed by atoms with E-state index in [2.05, 4.69) is 44.0 Å². The average molecular weight is 428 g/mol. The van der Waals surface area contributed by atoms with Crippen LogP contribution in [0.15, 0.2) is 67.0 Å². The third kappa shape index (κ3) is 4.65. The van der Waals surface area contributed by atoms with Crippen molar-refractivity contribution in [1.29, 1.82) is 0 Å². The van der Waals surface area contributed by atoms with E-state index in [1.807, 2.05) is 47.6 Å². The van der Waals surface area contributed by atoms with Gasteiger partial charge in [-0.2, -0.15) is 0 Å². The van der Waals surface area contributed by atoms with Crippen LogP contribution in [0.3, 0.4) is 0 Å². The van der Waals surface area contributed by atoms with Gasteiger partial charge in [-0.1, -0.05) is 42.5 Å². The summed E-state index contributed by atoms with van der Waals surface area (Å²) in [7, 11) is 0. The first kappa shape index (κ1) is 20.6. The first-order valence-electron chi connectivity index (χ1n) is 11.5. The van der Waals surface area contributed by atoms with Crippen molar-refractivity contribution in [2.24, 2.45) is 0 Å². The summed E-state index contributed by atoms with van der Waals surface area (Å²) in [6.07, 6.45) is 6.14. The third-order valence-corrected chi connectivity index (χ3v) is 6.38. The number of anilines is 1. The molecule has 0 radical (unpaired) electrons. The van der Waals surface area contributed by atoms with Gasteiger partial charge >= 0.3 is 0 Å². The van der Waals surface area contributed by atoms with E-state index in [4.69, 9.17) is 0 Å². The number of rotatable bonds is 5. The summed E-state index contributed by atoms with van der Waals surface area (Å²) in [4.78, 5) is 28.9. The van der Waals surface area contributed by atoms with Gasteiger partial charge in [-0.25, -0.2) is 9.97 Å². The Hall–Kier alpha value is -3.25. The largest absolute Gasteiger partial charge is 0.341 e. The molecule has 3 heterocycles.